The van der Waals surface area contributed by atoms with E-state index < -0.39 is 35.8 Å². The third-order valence-corrected chi connectivity index (χ3v) is 6.78. The molecule has 0 aromatic heterocycles. The first-order chi connectivity index (χ1) is 16.5. The van der Waals surface area contributed by atoms with Gasteiger partial charge in [0.2, 0.25) is 5.91 Å². The second kappa shape index (κ2) is 9.54. The molecule has 0 radical (unpaired) electrons. The predicted molar refractivity (Wildman–Crippen MR) is 123 cm³/mol. The summed E-state index contributed by atoms with van der Waals surface area (Å²) in [5.74, 6) is -0.234. The summed E-state index contributed by atoms with van der Waals surface area (Å²) in [6, 6.07) is 2.34. The number of rotatable bonds is 8. The molecular weight excluding hydrogens is 461 g/mol. The number of carbonyl (C=O) groups is 3. The Balaban J connectivity index is 1.72. The molecule has 2 aliphatic heterocycles. The van der Waals surface area contributed by atoms with Gasteiger partial charge in [-0.3, -0.25) is 14.5 Å². The number of halogens is 3. The zero-order chi connectivity index (χ0) is 25.5. The summed E-state index contributed by atoms with van der Waals surface area (Å²) >= 11 is 0. The molecule has 10 heteroatoms. The first-order valence-corrected chi connectivity index (χ1v) is 12.1. The van der Waals surface area contributed by atoms with Gasteiger partial charge in [-0.25, -0.2) is 4.79 Å². The molecule has 0 saturated heterocycles. The number of amides is 4. The van der Waals surface area contributed by atoms with Gasteiger partial charge < -0.3 is 15.5 Å². The van der Waals surface area contributed by atoms with Crippen molar-refractivity contribution in [2.24, 2.45) is 11.8 Å². The highest BCUT2D eigenvalue weighted by Crippen LogP contribution is 2.42. The van der Waals surface area contributed by atoms with Crippen molar-refractivity contribution >= 4 is 17.8 Å². The van der Waals surface area contributed by atoms with E-state index in [-0.39, 0.29) is 36.1 Å². The molecular formula is C25H31F3N4O3. The van der Waals surface area contributed by atoms with Crippen LogP contribution in [0.2, 0.25) is 0 Å². The van der Waals surface area contributed by atoms with E-state index in [0.29, 0.717) is 24.6 Å². The average molecular weight is 493 g/mol. The van der Waals surface area contributed by atoms with Gasteiger partial charge in [-0.15, -0.1) is 0 Å². The van der Waals surface area contributed by atoms with Crippen LogP contribution in [0.3, 0.4) is 0 Å². The maximum atomic E-state index is 13.8. The fraction of sp³-hybridized carbons (Fsp3) is 0.560. The lowest BCUT2D eigenvalue weighted by atomic mass is 9.91. The predicted octanol–water partition coefficient (Wildman–Crippen LogP) is 3.83. The minimum absolute atomic E-state index is 0.00561. The van der Waals surface area contributed by atoms with Crippen molar-refractivity contribution in [3.05, 3.63) is 46.7 Å². The van der Waals surface area contributed by atoms with Gasteiger partial charge in [0.15, 0.2) is 0 Å². The Labute approximate surface area is 202 Å². The lowest BCUT2D eigenvalue weighted by Gasteiger charge is -2.33. The molecule has 0 spiro atoms. The van der Waals surface area contributed by atoms with Crippen LogP contribution >= 0.6 is 0 Å². The van der Waals surface area contributed by atoms with Gasteiger partial charge in [0.25, 0.3) is 5.91 Å². The van der Waals surface area contributed by atoms with Crippen LogP contribution in [0, 0.1) is 11.8 Å². The highest BCUT2D eigenvalue weighted by molar-refractivity contribution is 6.03. The molecule has 0 bridgehead atoms. The van der Waals surface area contributed by atoms with E-state index in [4.69, 9.17) is 0 Å². The van der Waals surface area contributed by atoms with Crippen molar-refractivity contribution in [1.82, 2.24) is 20.4 Å². The summed E-state index contributed by atoms with van der Waals surface area (Å²) in [7, 11) is 0. The van der Waals surface area contributed by atoms with Gasteiger partial charge in [0, 0.05) is 13.1 Å². The third-order valence-electron chi connectivity index (χ3n) is 6.78. The number of alkyl halides is 3. The number of carbonyl (C=O) groups excluding carboxylic acids is 3. The first-order valence-electron chi connectivity index (χ1n) is 12.1. The van der Waals surface area contributed by atoms with Crippen LogP contribution < -0.4 is 10.6 Å². The van der Waals surface area contributed by atoms with E-state index in [1.807, 2.05) is 13.8 Å². The summed E-state index contributed by atoms with van der Waals surface area (Å²) in [6.07, 6.45) is -2.13. The Morgan fingerprint density at radius 2 is 1.89 bits per heavy atom. The number of hydrogen-bond acceptors (Lipinski definition) is 3. The lowest BCUT2D eigenvalue weighted by Crippen LogP contribution is -2.49. The molecule has 4 rings (SSSR count). The average Bonchev–Trinajstić information content (AvgIpc) is 3.57. The summed E-state index contributed by atoms with van der Waals surface area (Å²) in [5.41, 5.74) is -0.654. The van der Waals surface area contributed by atoms with E-state index in [1.54, 1.807) is 6.92 Å². The first kappa shape index (κ1) is 25.1. The van der Waals surface area contributed by atoms with Crippen LogP contribution in [-0.2, 0) is 15.8 Å². The second-order valence-electron chi connectivity index (χ2n) is 9.84. The smallest absolute Gasteiger partial charge is 0.354 e. The number of benzene rings is 1. The maximum Gasteiger partial charge on any atom is 0.416 e. The van der Waals surface area contributed by atoms with Crippen molar-refractivity contribution in [1.29, 1.82) is 0 Å². The standard InChI is InChI=1S/C25H31F3N4O3/c1-4-31-19-13-32(18(11-14(2)3)22(33)29-12-15-9-10-15)23(34)20(19)21(30-24(31)35)16-7-5-6-8-17(16)25(26,27)28/h5-8,14-15,18,21H,4,9-13H2,1-3H3,(H,29,33)(H,30,35)/t18-,21+/m0/s1. The topological polar surface area (TPSA) is 81.8 Å². The normalized spacial score (nSPS) is 21.4. The van der Waals surface area contributed by atoms with E-state index >= 15 is 0 Å². The zero-order valence-electron chi connectivity index (χ0n) is 20.1. The fourth-order valence-corrected chi connectivity index (χ4v) is 4.85. The molecule has 1 fully saturated rings. The van der Waals surface area contributed by atoms with Crippen LogP contribution in [0.25, 0.3) is 0 Å². The number of urea groups is 1. The van der Waals surface area contributed by atoms with Gasteiger partial charge in [-0.2, -0.15) is 13.2 Å². The second-order valence-corrected chi connectivity index (χ2v) is 9.84. The van der Waals surface area contributed by atoms with E-state index in [0.717, 1.165) is 18.9 Å². The molecule has 4 amide bonds. The molecule has 190 valence electrons. The highest BCUT2D eigenvalue weighted by atomic mass is 19.4. The third kappa shape index (κ3) is 5.01. The van der Waals surface area contributed by atoms with Gasteiger partial charge in [0.05, 0.1) is 29.4 Å². The van der Waals surface area contributed by atoms with Crippen LogP contribution in [0.1, 0.15) is 57.2 Å². The molecule has 1 aromatic rings. The van der Waals surface area contributed by atoms with Gasteiger partial charge in [0.1, 0.15) is 6.04 Å². The van der Waals surface area contributed by atoms with Crippen molar-refractivity contribution in [2.75, 3.05) is 19.6 Å². The van der Waals surface area contributed by atoms with E-state index in [1.165, 1.54) is 28.0 Å². The molecule has 2 N–H and O–H groups in total. The summed E-state index contributed by atoms with van der Waals surface area (Å²) in [5, 5.41) is 5.55. The largest absolute Gasteiger partial charge is 0.416 e. The lowest BCUT2D eigenvalue weighted by molar-refractivity contribution is -0.139. The fourth-order valence-electron chi connectivity index (χ4n) is 4.85. The Morgan fingerprint density at radius 3 is 2.49 bits per heavy atom. The molecule has 1 aliphatic carbocycles. The molecule has 1 saturated carbocycles. The Kier molecular flexibility index (Phi) is 6.83. The molecule has 35 heavy (non-hydrogen) atoms. The molecule has 1 aromatic carbocycles. The minimum Gasteiger partial charge on any atom is -0.354 e. The molecule has 3 aliphatic rings. The van der Waals surface area contributed by atoms with Crippen molar-refractivity contribution in [3.8, 4) is 0 Å². The Hall–Kier alpha value is -3.04. The maximum absolute atomic E-state index is 13.8. The minimum atomic E-state index is -4.66. The Bertz CT molecular complexity index is 1050. The quantitative estimate of drug-likeness (QED) is 0.579. The van der Waals surface area contributed by atoms with Crippen molar-refractivity contribution in [3.63, 3.8) is 0 Å². The van der Waals surface area contributed by atoms with Crippen molar-refractivity contribution < 1.29 is 27.6 Å². The van der Waals surface area contributed by atoms with E-state index in [9.17, 15) is 27.6 Å². The van der Waals surface area contributed by atoms with Gasteiger partial charge >= 0.3 is 12.2 Å². The number of nitrogens with zero attached hydrogens (tertiary/aromatic N) is 2. The van der Waals surface area contributed by atoms with Crippen LogP contribution in [0.15, 0.2) is 35.5 Å². The zero-order valence-corrected chi connectivity index (χ0v) is 20.1. The van der Waals surface area contributed by atoms with Crippen molar-refractivity contribution in [2.45, 2.75) is 58.3 Å². The SMILES string of the molecule is CCN1C(=O)N[C@H](c2ccccc2C(F)(F)F)C2=C1CN([C@@H](CC(C)C)C(=O)NCC1CC1)C2=O. The number of hydrogen-bond donors (Lipinski definition) is 2. The summed E-state index contributed by atoms with van der Waals surface area (Å²) in [4.78, 5) is 42.6. The molecule has 2 atom stereocenters. The molecule has 2 heterocycles. The molecule has 0 unspecified atom stereocenters. The highest BCUT2D eigenvalue weighted by Gasteiger charge is 2.48. The van der Waals surface area contributed by atoms with Crippen LogP contribution in [-0.4, -0.2) is 53.3 Å². The summed E-state index contributed by atoms with van der Waals surface area (Å²) in [6.45, 7) is 6.40. The summed E-state index contributed by atoms with van der Waals surface area (Å²) < 4.78 is 41.4. The number of likely N-dealkylation sites (N-methyl/N-ethyl adjacent to an activating group) is 1. The number of nitrogens with one attached hydrogen (secondary N) is 2. The van der Waals surface area contributed by atoms with Gasteiger partial charge in [-0.1, -0.05) is 32.0 Å². The van der Waals surface area contributed by atoms with Crippen LogP contribution in [0.4, 0.5) is 18.0 Å². The molecule has 7 nitrogen and oxygen atoms in total. The van der Waals surface area contributed by atoms with Crippen LogP contribution in [0.5, 0.6) is 0 Å². The monoisotopic (exact) mass is 492 g/mol. The van der Waals surface area contributed by atoms with Gasteiger partial charge in [-0.05, 0) is 49.7 Å². The van der Waals surface area contributed by atoms with E-state index in [2.05, 4.69) is 10.6 Å². The Morgan fingerprint density at radius 1 is 1.20 bits per heavy atom.